The van der Waals surface area contributed by atoms with E-state index in [1.54, 1.807) is 0 Å². The molecular formula is C12H13FN2O3S. The summed E-state index contributed by atoms with van der Waals surface area (Å²) in [6.07, 6.45) is 0. The van der Waals surface area contributed by atoms with Gasteiger partial charge in [-0.2, -0.15) is 0 Å². The van der Waals surface area contributed by atoms with E-state index in [0.717, 1.165) is 0 Å². The number of hydrogen-bond donors (Lipinski definition) is 1. The number of nitrogens with zero attached hydrogens (tertiary/aromatic N) is 2. The van der Waals surface area contributed by atoms with Crippen LogP contribution in [0.5, 0.6) is 0 Å². The van der Waals surface area contributed by atoms with Crippen molar-refractivity contribution in [2.45, 2.75) is 6.04 Å². The van der Waals surface area contributed by atoms with Crippen molar-refractivity contribution in [2.24, 2.45) is 0 Å². The maximum atomic E-state index is 12.8. The maximum absolute atomic E-state index is 12.8. The Bertz CT molecular complexity index is 494. The van der Waals surface area contributed by atoms with Crippen LogP contribution in [0, 0.1) is 5.82 Å². The third kappa shape index (κ3) is 2.81. The minimum atomic E-state index is -1.01. The first-order valence-corrected chi connectivity index (χ1v) is 6.76. The molecule has 0 unspecified atom stereocenters. The fraction of sp³-hybridized carbons (Fsp3) is 0.333. The molecule has 1 saturated heterocycles. The van der Waals surface area contributed by atoms with Crippen LogP contribution in [-0.4, -0.2) is 46.7 Å². The average Bonchev–Trinajstić information content (AvgIpc) is 2.87. The number of amides is 2. The fourth-order valence-electron chi connectivity index (χ4n) is 1.80. The SMILES string of the molecule is CN(C(=O)N1CSC[C@H]1C(=O)O)c1ccc(F)cc1. The van der Waals surface area contributed by atoms with Gasteiger partial charge in [0.25, 0.3) is 0 Å². The summed E-state index contributed by atoms with van der Waals surface area (Å²) in [5, 5.41) is 9.05. The van der Waals surface area contributed by atoms with E-state index < -0.39 is 18.0 Å². The van der Waals surface area contributed by atoms with E-state index in [9.17, 15) is 14.0 Å². The number of halogens is 1. The lowest BCUT2D eigenvalue weighted by atomic mass is 10.3. The normalized spacial score (nSPS) is 18.4. The number of carboxylic acids is 1. The summed E-state index contributed by atoms with van der Waals surface area (Å²) in [6, 6.07) is 4.27. The molecule has 1 aromatic carbocycles. The third-order valence-corrected chi connectivity index (χ3v) is 3.93. The Morgan fingerprint density at radius 1 is 1.42 bits per heavy atom. The molecule has 2 amide bonds. The fourth-order valence-corrected chi connectivity index (χ4v) is 2.94. The first-order valence-electron chi connectivity index (χ1n) is 5.61. The zero-order chi connectivity index (χ0) is 14.0. The minimum absolute atomic E-state index is 0.349. The smallest absolute Gasteiger partial charge is 0.327 e. The second-order valence-electron chi connectivity index (χ2n) is 4.14. The van der Waals surface area contributed by atoms with Crippen molar-refractivity contribution in [3.05, 3.63) is 30.1 Å². The van der Waals surface area contributed by atoms with E-state index in [1.807, 2.05) is 0 Å². The molecule has 0 bridgehead atoms. The van der Waals surface area contributed by atoms with E-state index in [-0.39, 0.29) is 5.82 Å². The summed E-state index contributed by atoms with van der Waals surface area (Å²) in [4.78, 5) is 25.9. The number of rotatable bonds is 2. The van der Waals surface area contributed by atoms with Crippen LogP contribution >= 0.6 is 11.8 Å². The molecule has 1 fully saturated rings. The summed E-state index contributed by atoms with van der Waals surface area (Å²) in [5.41, 5.74) is 0.521. The van der Waals surface area contributed by atoms with Crippen molar-refractivity contribution < 1.29 is 19.1 Å². The Morgan fingerprint density at radius 3 is 2.63 bits per heavy atom. The van der Waals surface area contributed by atoms with E-state index in [1.165, 1.54) is 52.9 Å². The van der Waals surface area contributed by atoms with Crippen LogP contribution < -0.4 is 4.90 Å². The van der Waals surface area contributed by atoms with Crippen LogP contribution in [0.1, 0.15) is 0 Å². The minimum Gasteiger partial charge on any atom is -0.480 e. The monoisotopic (exact) mass is 284 g/mol. The topological polar surface area (TPSA) is 60.9 Å². The van der Waals surface area contributed by atoms with Gasteiger partial charge in [0.2, 0.25) is 0 Å². The molecule has 102 valence electrons. The van der Waals surface area contributed by atoms with Gasteiger partial charge in [0.1, 0.15) is 11.9 Å². The maximum Gasteiger partial charge on any atom is 0.327 e. The second kappa shape index (κ2) is 5.48. The molecule has 7 heteroatoms. The molecule has 5 nitrogen and oxygen atoms in total. The number of urea groups is 1. The van der Waals surface area contributed by atoms with Gasteiger partial charge in [-0.05, 0) is 24.3 Å². The quantitative estimate of drug-likeness (QED) is 0.900. The average molecular weight is 284 g/mol. The van der Waals surface area contributed by atoms with Gasteiger partial charge < -0.3 is 10.0 Å². The largest absolute Gasteiger partial charge is 0.480 e. The van der Waals surface area contributed by atoms with E-state index in [4.69, 9.17) is 5.11 Å². The molecule has 1 atom stereocenters. The predicted molar refractivity (Wildman–Crippen MR) is 70.8 cm³/mol. The van der Waals surface area contributed by atoms with Gasteiger partial charge >= 0.3 is 12.0 Å². The Hall–Kier alpha value is -1.76. The number of carbonyl (C=O) groups excluding carboxylic acids is 1. The van der Waals surface area contributed by atoms with Crippen molar-refractivity contribution in [1.29, 1.82) is 0 Å². The van der Waals surface area contributed by atoms with Crippen molar-refractivity contribution >= 4 is 29.4 Å². The highest BCUT2D eigenvalue weighted by Crippen LogP contribution is 2.24. The van der Waals surface area contributed by atoms with Crippen LogP contribution in [0.3, 0.4) is 0 Å². The van der Waals surface area contributed by atoms with Gasteiger partial charge in [0.15, 0.2) is 0 Å². The van der Waals surface area contributed by atoms with Gasteiger partial charge in [0.05, 0.1) is 5.88 Å². The summed E-state index contributed by atoms with van der Waals surface area (Å²) in [7, 11) is 1.54. The molecule has 1 N–H and O–H groups in total. The molecule has 0 spiro atoms. The Balaban J connectivity index is 2.14. The van der Waals surface area contributed by atoms with Crippen molar-refractivity contribution in [3.63, 3.8) is 0 Å². The van der Waals surface area contributed by atoms with Gasteiger partial charge in [-0.15, -0.1) is 11.8 Å². The van der Waals surface area contributed by atoms with E-state index in [0.29, 0.717) is 17.3 Å². The molecule has 0 aliphatic carbocycles. The van der Waals surface area contributed by atoms with Gasteiger partial charge in [-0.3, -0.25) is 4.90 Å². The number of carbonyl (C=O) groups is 2. The number of anilines is 1. The summed E-state index contributed by atoms with van der Waals surface area (Å²) < 4.78 is 12.8. The second-order valence-corrected chi connectivity index (χ2v) is 5.14. The van der Waals surface area contributed by atoms with Crippen LogP contribution in [0.4, 0.5) is 14.9 Å². The summed E-state index contributed by atoms with van der Waals surface area (Å²) >= 11 is 1.40. The molecule has 1 aliphatic rings. The standard InChI is InChI=1S/C12H13FN2O3S/c1-14(9-4-2-8(13)3-5-9)12(18)15-7-19-6-10(15)11(16)17/h2-5,10H,6-7H2,1H3,(H,16,17)/t10-/m0/s1. The molecular weight excluding hydrogens is 271 g/mol. The number of benzene rings is 1. The zero-order valence-corrected chi connectivity index (χ0v) is 11.1. The van der Waals surface area contributed by atoms with Crippen molar-refractivity contribution in [3.8, 4) is 0 Å². The van der Waals surface area contributed by atoms with Crippen LogP contribution in [0.2, 0.25) is 0 Å². The van der Waals surface area contributed by atoms with E-state index >= 15 is 0 Å². The lowest BCUT2D eigenvalue weighted by Crippen LogP contribution is -2.47. The van der Waals surface area contributed by atoms with Gasteiger partial charge in [-0.25, -0.2) is 14.0 Å². The molecule has 19 heavy (non-hydrogen) atoms. The van der Waals surface area contributed by atoms with Crippen molar-refractivity contribution in [2.75, 3.05) is 23.6 Å². The predicted octanol–water partition coefficient (Wildman–Crippen LogP) is 1.84. The first kappa shape index (κ1) is 13.7. The number of thioether (sulfide) groups is 1. The zero-order valence-electron chi connectivity index (χ0n) is 10.2. The molecule has 0 saturated carbocycles. The highest BCUT2D eigenvalue weighted by molar-refractivity contribution is 7.99. The number of aliphatic carboxylic acids is 1. The van der Waals surface area contributed by atoms with Crippen LogP contribution in [0.25, 0.3) is 0 Å². The lowest BCUT2D eigenvalue weighted by molar-refractivity contribution is -0.140. The summed E-state index contributed by atoms with van der Waals surface area (Å²) in [6.45, 7) is 0. The number of carboxylic acid groups (broad SMARTS) is 1. The number of hydrogen-bond acceptors (Lipinski definition) is 3. The molecule has 0 aromatic heterocycles. The highest BCUT2D eigenvalue weighted by atomic mass is 32.2. The Labute approximate surface area is 114 Å². The molecule has 2 rings (SSSR count). The molecule has 1 aliphatic heterocycles. The molecule has 1 heterocycles. The third-order valence-electron chi connectivity index (χ3n) is 2.91. The highest BCUT2D eigenvalue weighted by Gasteiger charge is 2.36. The van der Waals surface area contributed by atoms with Crippen LogP contribution in [0.15, 0.2) is 24.3 Å². The van der Waals surface area contributed by atoms with Crippen LogP contribution in [-0.2, 0) is 4.79 Å². The molecule has 1 aromatic rings. The first-order chi connectivity index (χ1) is 9.00. The summed E-state index contributed by atoms with van der Waals surface area (Å²) in [5.74, 6) is -0.657. The molecule has 0 radical (unpaired) electrons. The Kier molecular flexibility index (Phi) is 3.94. The van der Waals surface area contributed by atoms with E-state index in [2.05, 4.69) is 0 Å². The van der Waals surface area contributed by atoms with Gasteiger partial charge in [0, 0.05) is 18.5 Å². The van der Waals surface area contributed by atoms with Crippen molar-refractivity contribution in [1.82, 2.24) is 4.90 Å². The van der Waals surface area contributed by atoms with Gasteiger partial charge in [-0.1, -0.05) is 0 Å². The lowest BCUT2D eigenvalue weighted by Gasteiger charge is -2.26. The Morgan fingerprint density at radius 2 is 2.05 bits per heavy atom.